The van der Waals surface area contributed by atoms with Crippen LogP contribution in [0.4, 0.5) is 0 Å². The van der Waals surface area contributed by atoms with E-state index >= 15 is 0 Å². The Kier molecular flexibility index (Phi) is 8.19. The fourth-order valence-electron chi connectivity index (χ4n) is 13.7. The number of benzene rings is 1. The molecule has 7 aliphatic rings. The van der Waals surface area contributed by atoms with Crippen LogP contribution in [0.1, 0.15) is 128 Å². The van der Waals surface area contributed by atoms with Crippen molar-refractivity contribution in [1.82, 2.24) is 0 Å². The number of phenolic OH excluding ortho intramolecular Hbond substituents is 1. The van der Waals surface area contributed by atoms with Crippen molar-refractivity contribution in [1.29, 1.82) is 0 Å². The van der Waals surface area contributed by atoms with Crippen LogP contribution in [0, 0.1) is 58.2 Å². The molecule has 0 amide bonds. The second-order valence-electron chi connectivity index (χ2n) is 18.1. The van der Waals surface area contributed by atoms with E-state index in [0.717, 1.165) is 70.1 Å². The summed E-state index contributed by atoms with van der Waals surface area (Å²) in [6.45, 7) is 14.0. The molecule has 0 saturated heterocycles. The summed E-state index contributed by atoms with van der Waals surface area (Å²) < 4.78 is 12.5. The van der Waals surface area contributed by atoms with Crippen molar-refractivity contribution in [2.24, 2.45) is 58.2 Å². The largest absolute Gasteiger partial charge is 0.508 e. The first kappa shape index (κ1) is 32.6. The molecule has 0 aromatic heterocycles. The highest BCUT2D eigenvalue weighted by Gasteiger charge is 2.61. The third kappa shape index (κ3) is 5.22. The van der Waals surface area contributed by atoms with E-state index < -0.39 is 0 Å². The molecule has 0 aliphatic heterocycles. The first-order valence-corrected chi connectivity index (χ1v) is 19.5. The Labute approximate surface area is 288 Å². The zero-order valence-corrected chi connectivity index (χ0v) is 29.8. The standard InChI is InChI=1S/C43H58O5/c1-24-6-9-31-28(20-24)21-25(2)41-35-13-15-37(43(35,5)23-26(3)40(31)41)48-39(46)17-16-38(45)47-36-14-12-34-33-10-7-27-22-29(44)8-11-30(27)32(33)18-19-42(34,36)4/h8,11,20,22,25-26,31-37,40-41,44H,1,6-7,9-10,12-19,21,23H2,2-5H3. The fourth-order valence-corrected chi connectivity index (χ4v) is 13.7. The SMILES string of the molecule is C=C1C=C2CC(C)C3C(C(C)CC4(C)C(OC(=O)CCC(=O)OC5CCC6C7CCc8cc(O)ccc8C7CCC56C)CCC34)C2CC1. The van der Waals surface area contributed by atoms with E-state index in [1.54, 1.807) is 5.57 Å². The van der Waals surface area contributed by atoms with Gasteiger partial charge in [-0.15, -0.1) is 0 Å². The highest BCUT2D eigenvalue weighted by molar-refractivity contribution is 5.78. The molecule has 1 aromatic rings. The van der Waals surface area contributed by atoms with Gasteiger partial charge in [-0.05, 0) is 154 Å². The number of aromatic hydroxyl groups is 1. The number of hydrogen-bond donors (Lipinski definition) is 1. The van der Waals surface area contributed by atoms with Crippen molar-refractivity contribution in [3.63, 3.8) is 0 Å². The molecular formula is C43H58O5. The summed E-state index contributed by atoms with van der Waals surface area (Å²) in [5, 5.41) is 10.0. The van der Waals surface area contributed by atoms with E-state index in [4.69, 9.17) is 9.47 Å². The van der Waals surface area contributed by atoms with Crippen molar-refractivity contribution >= 4 is 11.9 Å². The van der Waals surface area contributed by atoms with Crippen molar-refractivity contribution in [3.8, 4) is 5.75 Å². The number of ether oxygens (including phenoxy) is 2. The molecule has 8 rings (SSSR count). The molecule has 0 spiro atoms. The van der Waals surface area contributed by atoms with E-state index in [0.29, 0.717) is 53.1 Å². The van der Waals surface area contributed by atoms with E-state index in [9.17, 15) is 14.7 Å². The number of aryl methyl sites for hydroxylation is 1. The Balaban J connectivity index is 0.863. The molecule has 13 atom stereocenters. The molecule has 5 heteroatoms. The number of carbonyl (C=O) groups is 2. The number of hydrogen-bond acceptors (Lipinski definition) is 5. The van der Waals surface area contributed by atoms with Gasteiger partial charge in [0.2, 0.25) is 0 Å². The average molecular weight is 655 g/mol. The Morgan fingerprint density at radius 2 is 1.54 bits per heavy atom. The lowest BCUT2D eigenvalue weighted by atomic mass is 9.47. The molecule has 5 nitrogen and oxygen atoms in total. The van der Waals surface area contributed by atoms with E-state index in [1.807, 2.05) is 12.1 Å². The maximum absolute atomic E-state index is 13.3. The summed E-state index contributed by atoms with van der Waals surface area (Å²) in [6.07, 6.45) is 15.6. The Morgan fingerprint density at radius 3 is 2.29 bits per heavy atom. The van der Waals surface area contributed by atoms with Crippen LogP contribution in [0.5, 0.6) is 5.75 Å². The van der Waals surface area contributed by atoms with Gasteiger partial charge in [0, 0.05) is 10.8 Å². The van der Waals surface area contributed by atoms with Crippen LogP contribution in [0.25, 0.3) is 0 Å². The first-order chi connectivity index (χ1) is 23.0. The number of phenols is 1. The van der Waals surface area contributed by atoms with Gasteiger partial charge >= 0.3 is 11.9 Å². The second kappa shape index (κ2) is 12.0. The van der Waals surface area contributed by atoms with Crippen LogP contribution in [-0.2, 0) is 25.5 Å². The first-order valence-electron chi connectivity index (χ1n) is 19.5. The third-order valence-electron chi connectivity index (χ3n) is 15.7. The minimum atomic E-state index is -0.245. The van der Waals surface area contributed by atoms with Crippen LogP contribution < -0.4 is 0 Å². The van der Waals surface area contributed by atoms with Crippen molar-refractivity contribution in [2.75, 3.05) is 0 Å². The Bertz CT molecular complexity index is 1510. The second-order valence-corrected chi connectivity index (χ2v) is 18.1. The van der Waals surface area contributed by atoms with Crippen LogP contribution >= 0.6 is 0 Å². The highest BCUT2D eigenvalue weighted by atomic mass is 16.6. The maximum atomic E-state index is 13.3. The fraction of sp³-hybridized carbons (Fsp3) is 0.721. The number of carbonyl (C=O) groups excluding carboxylic acids is 2. The average Bonchev–Trinajstić information content (AvgIpc) is 3.54. The zero-order chi connectivity index (χ0) is 33.5. The van der Waals surface area contributed by atoms with Gasteiger partial charge in [-0.1, -0.05) is 57.6 Å². The minimum Gasteiger partial charge on any atom is -0.508 e. The molecule has 1 aromatic carbocycles. The molecule has 0 heterocycles. The van der Waals surface area contributed by atoms with Gasteiger partial charge in [0.05, 0.1) is 12.8 Å². The summed E-state index contributed by atoms with van der Waals surface area (Å²) >= 11 is 0. The smallest absolute Gasteiger partial charge is 0.306 e. The minimum absolute atomic E-state index is 0.00679. The van der Waals surface area contributed by atoms with Crippen LogP contribution in [0.3, 0.4) is 0 Å². The predicted molar refractivity (Wildman–Crippen MR) is 187 cm³/mol. The molecule has 260 valence electrons. The molecule has 13 unspecified atom stereocenters. The number of rotatable bonds is 5. The van der Waals surface area contributed by atoms with E-state index in [2.05, 4.69) is 46.4 Å². The normalized spacial score (nSPS) is 44.2. The quantitative estimate of drug-likeness (QED) is 0.320. The molecular weight excluding hydrogens is 596 g/mol. The Hall–Kier alpha value is -2.56. The molecule has 5 fully saturated rings. The third-order valence-corrected chi connectivity index (χ3v) is 15.7. The van der Waals surface area contributed by atoms with E-state index in [-0.39, 0.29) is 47.8 Å². The molecule has 7 aliphatic carbocycles. The Morgan fingerprint density at radius 1 is 0.833 bits per heavy atom. The highest BCUT2D eigenvalue weighted by Crippen LogP contribution is 2.66. The van der Waals surface area contributed by atoms with Gasteiger partial charge in [0.15, 0.2) is 0 Å². The molecule has 0 bridgehead atoms. The van der Waals surface area contributed by atoms with Crippen LogP contribution in [0.2, 0.25) is 0 Å². The lowest BCUT2D eigenvalue weighted by molar-refractivity contribution is -0.167. The summed E-state index contributed by atoms with van der Waals surface area (Å²) in [5.41, 5.74) is 5.69. The molecule has 1 N–H and O–H groups in total. The summed E-state index contributed by atoms with van der Waals surface area (Å²) in [5.74, 6) is 5.54. The van der Waals surface area contributed by atoms with Gasteiger partial charge < -0.3 is 14.6 Å². The number of fused-ring (bicyclic) bond motifs is 10. The van der Waals surface area contributed by atoms with E-state index in [1.165, 1.54) is 29.5 Å². The molecule has 5 saturated carbocycles. The van der Waals surface area contributed by atoms with Crippen molar-refractivity contribution in [2.45, 2.75) is 136 Å². The monoisotopic (exact) mass is 654 g/mol. The topological polar surface area (TPSA) is 72.8 Å². The van der Waals surface area contributed by atoms with Gasteiger partial charge in [-0.25, -0.2) is 0 Å². The van der Waals surface area contributed by atoms with Gasteiger partial charge in [0.25, 0.3) is 0 Å². The van der Waals surface area contributed by atoms with Gasteiger partial charge in [0.1, 0.15) is 18.0 Å². The van der Waals surface area contributed by atoms with Crippen LogP contribution in [0.15, 0.2) is 42.0 Å². The lowest BCUT2D eigenvalue weighted by Crippen LogP contribution is -2.53. The van der Waals surface area contributed by atoms with Gasteiger partial charge in [-0.3, -0.25) is 9.59 Å². The number of esters is 2. The lowest BCUT2D eigenvalue weighted by Gasteiger charge is -2.58. The van der Waals surface area contributed by atoms with Crippen molar-refractivity contribution < 1.29 is 24.2 Å². The van der Waals surface area contributed by atoms with Crippen molar-refractivity contribution in [3.05, 3.63) is 53.1 Å². The zero-order valence-electron chi connectivity index (χ0n) is 29.8. The van der Waals surface area contributed by atoms with Crippen LogP contribution in [-0.4, -0.2) is 29.3 Å². The molecule has 48 heavy (non-hydrogen) atoms. The predicted octanol–water partition coefficient (Wildman–Crippen LogP) is 9.47. The summed E-state index contributed by atoms with van der Waals surface area (Å²) in [7, 11) is 0. The summed E-state index contributed by atoms with van der Waals surface area (Å²) in [6, 6.07) is 5.94. The summed E-state index contributed by atoms with van der Waals surface area (Å²) in [4.78, 5) is 26.5. The molecule has 0 radical (unpaired) electrons. The maximum Gasteiger partial charge on any atom is 0.306 e. The number of allylic oxidation sites excluding steroid dienone is 3. The van der Waals surface area contributed by atoms with Gasteiger partial charge in [-0.2, -0.15) is 0 Å².